The predicted octanol–water partition coefficient (Wildman–Crippen LogP) is 4.36. The number of alkyl halides is 3. The highest BCUT2D eigenvalue weighted by Gasteiger charge is 2.33. The van der Waals surface area contributed by atoms with E-state index < -0.39 is 17.6 Å². The minimum absolute atomic E-state index is 0. The van der Waals surface area contributed by atoms with Gasteiger partial charge in [0.1, 0.15) is 18.5 Å². The van der Waals surface area contributed by atoms with Crippen molar-refractivity contribution in [2.24, 2.45) is 4.99 Å². The van der Waals surface area contributed by atoms with Gasteiger partial charge in [-0.05, 0) is 35.7 Å². The van der Waals surface area contributed by atoms with Gasteiger partial charge >= 0.3 is 6.18 Å². The lowest BCUT2D eigenvalue weighted by Crippen LogP contribution is -2.37. The normalized spacial score (nSPS) is 11.7. The first kappa shape index (κ1) is 25.6. The molecule has 0 bridgehead atoms. The molecule has 0 amide bonds. The van der Waals surface area contributed by atoms with Crippen LogP contribution < -0.4 is 10.6 Å². The van der Waals surface area contributed by atoms with Crippen LogP contribution in [-0.2, 0) is 25.8 Å². The van der Waals surface area contributed by atoms with Gasteiger partial charge in [0.15, 0.2) is 5.96 Å². The summed E-state index contributed by atoms with van der Waals surface area (Å²) < 4.78 is 54.6. The monoisotopic (exact) mass is 562 g/mol. The van der Waals surface area contributed by atoms with Crippen molar-refractivity contribution in [1.29, 1.82) is 0 Å². The summed E-state index contributed by atoms with van der Waals surface area (Å²) in [5.41, 5.74) is 0.899. The Morgan fingerprint density at radius 2 is 1.88 bits per heavy atom. The van der Waals surface area contributed by atoms with Gasteiger partial charge in [-0.25, -0.2) is 19.0 Å². The van der Waals surface area contributed by atoms with Crippen molar-refractivity contribution in [3.8, 4) is 0 Å². The second kappa shape index (κ2) is 11.8. The first-order valence-corrected chi connectivity index (χ1v) is 9.63. The Bertz CT molecular complexity index is 1020. The van der Waals surface area contributed by atoms with E-state index in [0.717, 1.165) is 23.3 Å². The lowest BCUT2D eigenvalue weighted by Gasteiger charge is -2.16. The lowest BCUT2D eigenvalue weighted by atomic mass is 10.1. The summed E-state index contributed by atoms with van der Waals surface area (Å²) >= 11 is 0. The predicted molar refractivity (Wildman–Crippen MR) is 124 cm³/mol. The van der Waals surface area contributed by atoms with E-state index in [0.29, 0.717) is 31.7 Å². The number of hydrogen-bond donors (Lipinski definition) is 2. The number of aliphatic imine (C=N–C) groups is 1. The average Bonchev–Trinajstić information content (AvgIpc) is 3.23. The number of rotatable bonds is 7. The minimum Gasteiger partial charge on any atom is -0.357 e. The molecular weight excluding hydrogens is 539 g/mol. The van der Waals surface area contributed by atoms with Crippen LogP contribution in [0.4, 0.5) is 17.6 Å². The maximum absolute atomic E-state index is 13.3. The van der Waals surface area contributed by atoms with E-state index in [1.165, 1.54) is 6.33 Å². The fourth-order valence-electron chi connectivity index (χ4n) is 2.99. The SMILES string of the molecule is CCNC(=NCc1cccc(Cn2cncn2)c1)NCc1ccc(F)cc1C(F)(F)F.I. The maximum atomic E-state index is 13.3. The summed E-state index contributed by atoms with van der Waals surface area (Å²) in [4.78, 5) is 8.37. The van der Waals surface area contributed by atoms with Crippen molar-refractivity contribution in [3.05, 3.63) is 83.2 Å². The van der Waals surface area contributed by atoms with Gasteiger partial charge in [-0.15, -0.1) is 24.0 Å². The third kappa shape index (κ3) is 7.46. The highest BCUT2D eigenvalue weighted by Crippen LogP contribution is 2.32. The van der Waals surface area contributed by atoms with E-state index in [-0.39, 0.29) is 36.1 Å². The van der Waals surface area contributed by atoms with Gasteiger partial charge in [-0.3, -0.25) is 0 Å². The molecule has 0 aliphatic carbocycles. The molecule has 0 unspecified atom stereocenters. The van der Waals surface area contributed by atoms with Crippen LogP contribution in [-0.4, -0.2) is 27.3 Å². The van der Waals surface area contributed by atoms with Crippen LogP contribution in [0.25, 0.3) is 0 Å². The van der Waals surface area contributed by atoms with Gasteiger partial charge in [-0.2, -0.15) is 18.3 Å². The number of halogens is 5. The summed E-state index contributed by atoms with van der Waals surface area (Å²) in [6.07, 6.45) is -1.55. The zero-order valence-electron chi connectivity index (χ0n) is 17.2. The molecule has 0 saturated heterocycles. The quantitative estimate of drug-likeness (QED) is 0.195. The third-order valence-corrected chi connectivity index (χ3v) is 4.39. The molecule has 0 saturated carbocycles. The van der Waals surface area contributed by atoms with Gasteiger partial charge in [-0.1, -0.05) is 30.3 Å². The van der Waals surface area contributed by atoms with Crippen LogP contribution in [0.3, 0.4) is 0 Å². The topological polar surface area (TPSA) is 67.1 Å². The molecule has 32 heavy (non-hydrogen) atoms. The Balaban J connectivity index is 0.00000363. The summed E-state index contributed by atoms with van der Waals surface area (Å²) in [6, 6.07) is 10.4. The van der Waals surface area contributed by atoms with E-state index in [9.17, 15) is 17.6 Å². The van der Waals surface area contributed by atoms with Crippen molar-refractivity contribution in [1.82, 2.24) is 25.4 Å². The third-order valence-electron chi connectivity index (χ3n) is 4.39. The first-order chi connectivity index (χ1) is 14.8. The number of benzene rings is 2. The maximum Gasteiger partial charge on any atom is 0.416 e. The number of hydrogen-bond acceptors (Lipinski definition) is 3. The van der Waals surface area contributed by atoms with Gasteiger partial charge in [0.25, 0.3) is 0 Å². The zero-order chi connectivity index (χ0) is 22.3. The highest BCUT2D eigenvalue weighted by atomic mass is 127. The molecule has 1 heterocycles. The van der Waals surface area contributed by atoms with Gasteiger partial charge < -0.3 is 10.6 Å². The van der Waals surface area contributed by atoms with Crippen molar-refractivity contribution >= 4 is 29.9 Å². The van der Waals surface area contributed by atoms with Gasteiger partial charge in [0.2, 0.25) is 0 Å². The number of guanidine groups is 1. The molecule has 0 radical (unpaired) electrons. The average molecular weight is 562 g/mol. The van der Waals surface area contributed by atoms with E-state index in [2.05, 4.69) is 25.7 Å². The molecule has 0 fully saturated rings. The molecule has 1 aromatic heterocycles. The van der Waals surface area contributed by atoms with Crippen molar-refractivity contribution in [2.45, 2.75) is 32.7 Å². The largest absolute Gasteiger partial charge is 0.416 e. The Morgan fingerprint density at radius 1 is 1.09 bits per heavy atom. The number of nitrogens with zero attached hydrogens (tertiary/aromatic N) is 4. The lowest BCUT2D eigenvalue weighted by molar-refractivity contribution is -0.138. The van der Waals surface area contributed by atoms with Crippen LogP contribution in [0.1, 0.15) is 29.2 Å². The molecule has 3 rings (SSSR count). The molecule has 6 nitrogen and oxygen atoms in total. The zero-order valence-corrected chi connectivity index (χ0v) is 19.6. The van der Waals surface area contributed by atoms with E-state index in [1.54, 1.807) is 11.0 Å². The van der Waals surface area contributed by atoms with E-state index in [1.807, 2.05) is 31.2 Å². The van der Waals surface area contributed by atoms with E-state index >= 15 is 0 Å². The van der Waals surface area contributed by atoms with Gasteiger partial charge in [0.05, 0.1) is 18.7 Å². The Kier molecular flexibility index (Phi) is 9.42. The fraction of sp³-hybridized carbons (Fsp3) is 0.286. The second-order valence-corrected chi connectivity index (χ2v) is 6.76. The van der Waals surface area contributed by atoms with Crippen molar-refractivity contribution < 1.29 is 17.6 Å². The Morgan fingerprint density at radius 3 is 2.56 bits per heavy atom. The van der Waals surface area contributed by atoms with Crippen LogP contribution >= 0.6 is 24.0 Å². The molecule has 11 heteroatoms. The fourth-order valence-corrected chi connectivity index (χ4v) is 2.99. The highest BCUT2D eigenvalue weighted by molar-refractivity contribution is 14.0. The molecule has 2 aromatic carbocycles. The van der Waals surface area contributed by atoms with Crippen molar-refractivity contribution in [3.63, 3.8) is 0 Å². The molecule has 0 aliphatic rings. The summed E-state index contributed by atoms with van der Waals surface area (Å²) in [6.45, 7) is 3.15. The van der Waals surface area contributed by atoms with Crippen LogP contribution in [0.15, 0.2) is 60.1 Å². The molecule has 0 aliphatic heterocycles. The smallest absolute Gasteiger partial charge is 0.357 e. The molecular formula is C21H23F4IN6. The van der Waals surface area contributed by atoms with Crippen LogP contribution in [0.5, 0.6) is 0 Å². The number of aromatic nitrogens is 3. The molecule has 172 valence electrons. The minimum atomic E-state index is -4.64. The molecule has 3 aromatic rings. The summed E-state index contributed by atoms with van der Waals surface area (Å²) in [5, 5.41) is 9.97. The standard InChI is InChI=1S/C21H22F4N6.HI/c1-2-27-20(29-11-17-6-7-18(22)9-19(17)21(23,24)25)28-10-15-4-3-5-16(8-15)12-31-14-26-13-30-31;/h3-9,13-14H,2,10-12H2,1H3,(H2,27,28,29);1H. The van der Waals surface area contributed by atoms with E-state index in [4.69, 9.17) is 0 Å². The Hall–Kier alpha value is -2.70. The summed E-state index contributed by atoms with van der Waals surface area (Å²) in [5.74, 6) is -0.566. The summed E-state index contributed by atoms with van der Waals surface area (Å²) in [7, 11) is 0. The Labute approximate surface area is 200 Å². The van der Waals surface area contributed by atoms with Crippen LogP contribution in [0, 0.1) is 5.82 Å². The molecule has 0 atom stereocenters. The van der Waals surface area contributed by atoms with Gasteiger partial charge in [0, 0.05) is 13.1 Å². The number of nitrogens with one attached hydrogen (secondary N) is 2. The molecule has 0 spiro atoms. The second-order valence-electron chi connectivity index (χ2n) is 6.76. The first-order valence-electron chi connectivity index (χ1n) is 9.63. The van der Waals surface area contributed by atoms with Crippen LogP contribution in [0.2, 0.25) is 0 Å². The van der Waals surface area contributed by atoms with Crippen molar-refractivity contribution in [2.75, 3.05) is 6.54 Å². The molecule has 2 N–H and O–H groups in total.